The van der Waals surface area contributed by atoms with Gasteiger partial charge < -0.3 is 39.9 Å². The molecule has 6 unspecified atom stereocenters. The van der Waals surface area contributed by atoms with Gasteiger partial charge in [-0.15, -0.1) is 0 Å². The van der Waals surface area contributed by atoms with Crippen molar-refractivity contribution in [2.24, 2.45) is 0 Å². The third kappa shape index (κ3) is 30.6. The van der Waals surface area contributed by atoms with Crippen molar-refractivity contribution in [2.75, 3.05) is 13.2 Å². The van der Waals surface area contributed by atoms with Crippen LogP contribution in [0.1, 0.15) is 232 Å². The van der Waals surface area contributed by atoms with Crippen LogP contribution in [-0.2, 0) is 32.7 Å². The number of phosphoric ester groups is 1. The highest BCUT2D eigenvalue weighted by Crippen LogP contribution is 2.47. The average molecular weight is 895 g/mol. The Bertz CT molecular complexity index is 1080. The predicted molar refractivity (Wildman–Crippen MR) is 240 cm³/mol. The number of carbonyl (C=O) groups excluding carboxylic acids is 2. The number of rotatable bonds is 42. The van der Waals surface area contributed by atoms with Crippen molar-refractivity contribution in [3.8, 4) is 0 Å². The fourth-order valence-electron chi connectivity index (χ4n) is 7.94. The lowest BCUT2D eigenvalue weighted by Gasteiger charge is -2.41. The SMILES string of the molecule is CCCCCCCCCCCCCCCCCCCCC(=O)OC(COC(=O)CCCCCCCCCCCCCCCC)COP(=O)(O)OC1C(O)C(O)C(O)C(O)C1O. The maximum absolute atomic E-state index is 12.8. The molecule has 14 heteroatoms. The van der Waals surface area contributed by atoms with Gasteiger partial charge in [0.1, 0.15) is 43.2 Å². The molecule has 0 amide bonds. The van der Waals surface area contributed by atoms with Crippen LogP contribution in [-0.4, -0.2) is 98.3 Å². The summed E-state index contributed by atoms with van der Waals surface area (Å²) in [4.78, 5) is 35.7. The lowest BCUT2D eigenvalue weighted by Crippen LogP contribution is -2.64. The van der Waals surface area contributed by atoms with E-state index in [-0.39, 0.29) is 12.8 Å². The summed E-state index contributed by atoms with van der Waals surface area (Å²) in [6, 6.07) is 0. The molecule has 13 nitrogen and oxygen atoms in total. The minimum atomic E-state index is -5.11. The van der Waals surface area contributed by atoms with Crippen molar-refractivity contribution in [2.45, 2.75) is 275 Å². The van der Waals surface area contributed by atoms with E-state index in [0.29, 0.717) is 12.8 Å². The van der Waals surface area contributed by atoms with Crippen LogP contribution in [0.3, 0.4) is 0 Å². The molecule has 0 heterocycles. The zero-order valence-corrected chi connectivity index (χ0v) is 39.4. The molecule has 1 rings (SSSR count). The third-order valence-electron chi connectivity index (χ3n) is 11.9. The number of esters is 2. The van der Waals surface area contributed by atoms with Crippen molar-refractivity contribution in [3.63, 3.8) is 0 Å². The Balaban J connectivity index is 2.40. The fraction of sp³-hybridized carbons (Fsp3) is 0.957. The maximum atomic E-state index is 12.8. The summed E-state index contributed by atoms with van der Waals surface area (Å²) in [6.45, 7) is 3.34. The Morgan fingerprint density at radius 2 is 0.738 bits per heavy atom. The van der Waals surface area contributed by atoms with E-state index in [0.717, 1.165) is 38.5 Å². The van der Waals surface area contributed by atoms with Crippen molar-refractivity contribution in [1.82, 2.24) is 0 Å². The van der Waals surface area contributed by atoms with Crippen LogP contribution in [0, 0.1) is 0 Å². The Morgan fingerprint density at radius 1 is 0.443 bits per heavy atom. The summed E-state index contributed by atoms with van der Waals surface area (Å²) in [5, 5.41) is 50.2. The summed E-state index contributed by atoms with van der Waals surface area (Å²) in [7, 11) is -5.11. The highest BCUT2D eigenvalue weighted by molar-refractivity contribution is 7.47. The van der Waals surface area contributed by atoms with Gasteiger partial charge in [-0.05, 0) is 12.8 Å². The first-order valence-corrected chi connectivity index (χ1v) is 26.3. The van der Waals surface area contributed by atoms with Crippen LogP contribution in [0.2, 0.25) is 0 Å². The zero-order chi connectivity index (χ0) is 45.0. The minimum absolute atomic E-state index is 0.105. The first-order valence-electron chi connectivity index (χ1n) is 24.8. The standard InChI is InChI=1S/C47H91O13P/c1-3-5-7-9-11-13-15-17-19-20-21-22-24-26-28-30-32-34-36-41(49)59-39(38-58-61(55,56)60-47-45(53)43(51)42(50)44(52)46(47)54)37-57-40(48)35-33-31-29-27-25-23-18-16-14-12-10-8-6-4-2/h39,42-47,50-54H,3-38H2,1-2H3,(H,55,56). The monoisotopic (exact) mass is 895 g/mol. The summed E-state index contributed by atoms with van der Waals surface area (Å²) in [5.74, 6) is -1.08. The molecule has 0 aliphatic heterocycles. The number of aliphatic hydroxyl groups excluding tert-OH is 5. The van der Waals surface area contributed by atoms with E-state index < -0.39 is 75.7 Å². The molecule has 1 aliphatic carbocycles. The molecular formula is C47H91O13P. The molecular weight excluding hydrogens is 803 g/mol. The Hall–Kier alpha value is -1.15. The van der Waals surface area contributed by atoms with E-state index in [4.69, 9.17) is 18.5 Å². The van der Waals surface area contributed by atoms with Crippen molar-refractivity contribution in [3.05, 3.63) is 0 Å². The molecule has 362 valence electrons. The third-order valence-corrected chi connectivity index (χ3v) is 12.9. The van der Waals surface area contributed by atoms with Crippen LogP contribution in [0.5, 0.6) is 0 Å². The summed E-state index contributed by atoms with van der Waals surface area (Å²) in [5.41, 5.74) is 0. The van der Waals surface area contributed by atoms with E-state index >= 15 is 0 Å². The van der Waals surface area contributed by atoms with Gasteiger partial charge in [-0.3, -0.25) is 18.6 Å². The molecule has 1 aliphatic rings. The molecule has 6 N–H and O–H groups in total. The van der Waals surface area contributed by atoms with E-state index in [1.807, 2.05) is 0 Å². The number of carbonyl (C=O) groups is 2. The molecule has 0 spiro atoms. The number of ether oxygens (including phenoxy) is 2. The van der Waals surface area contributed by atoms with Crippen molar-refractivity contribution < 1.29 is 63.1 Å². The average Bonchev–Trinajstić information content (AvgIpc) is 3.24. The van der Waals surface area contributed by atoms with Crippen LogP contribution in [0.4, 0.5) is 0 Å². The summed E-state index contributed by atoms with van der Waals surface area (Å²) < 4.78 is 33.6. The number of aliphatic hydroxyl groups is 5. The second-order valence-corrected chi connectivity index (χ2v) is 19.1. The maximum Gasteiger partial charge on any atom is 0.472 e. The molecule has 1 fully saturated rings. The zero-order valence-electron chi connectivity index (χ0n) is 38.5. The van der Waals surface area contributed by atoms with Gasteiger partial charge in [0.2, 0.25) is 0 Å². The van der Waals surface area contributed by atoms with E-state index in [1.54, 1.807) is 0 Å². The van der Waals surface area contributed by atoms with E-state index in [1.165, 1.54) is 154 Å². The van der Waals surface area contributed by atoms with Crippen LogP contribution in [0.15, 0.2) is 0 Å². The number of unbranched alkanes of at least 4 members (excludes halogenated alkanes) is 30. The van der Waals surface area contributed by atoms with Gasteiger partial charge >= 0.3 is 19.8 Å². The van der Waals surface area contributed by atoms with Gasteiger partial charge in [-0.1, -0.05) is 206 Å². The predicted octanol–water partition coefficient (Wildman–Crippen LogP) is 10.1. The normalized spacial score (nSPS) is 21.9. The van der Waals surface area contributed by atoms with E-state index in [2.05, 4.69) is 13.8 Å². The number of phosphoric acid groups is 1. The Morgan fingerprint density at radius 3 is 1.08 bits per heavy atom. The molecule has 0 aromatic rings. The van der Waals surface area contributed by atoms with Crippen molar-refractivity contribution >= 4 is 19.8 Å². The largest absolute Gasteiger partial charge is 0.472 e. The van der Waals surface area contributed by atoms with Gasteiger partial charge in [0.15, 0.2) is 6.10 Å². The smallest absolute Gasteiger partial charge is 0.462 e. The molecule has 1 saturated carbocycles. The first-order chi connectivity index (χ1) is 29.4. The van der Waals surface area contributed by atoms with Gasteiger partial charge in [0.25, 0.3) is 0 Å². The second kappa shape index (κ2) is 38.2. The molecule has 0 radical (unpaired) electrons. The van der Waals surface area contributed by atoms with Gasteiger partial charge in [0.05, 0.1) is 6.61 Å². The summed E-state index contributed by atoms with van der Waals surface area (Å²) in [6.07, 6.45) is 25.8. The van der Waals surface area contributed by atoms with Crippen molar-refractivity contribution in [1.29, 1.82) is 0 Å². The van der Waals surface area contributed by atoms with Crippen LogP contribution < -0.4 is 0 Å². The van der Waals surface area contributed by atoms with Gasteiger partial charge in [-0.25, -0.2) is 4.57 Å². The molecule has 0 aromatic carbocycles. The first kappa shape index (κ1) is 57.9. The lowest BCUT2D eigenvalue weighted by atomic mass is 9.85. The van der Waals surface area contributed by atoms with Crippen LogP contribution >= 0.6 is 7.82 Å². The number of hydrogen-bond acceptors (Lipinski definition) is 12. The Kier molecular flexibility index (Phi) is 36.2. The minimum Gasteiger partial charge on any atom is -0.462 e. The van der Waals surface area contributed by atoms with E-state index in [9.17, 15) is 44.6 Å². The number of hydrogen-bond donors (Lipinski definition) is 6. The molecule has 0 saturated heterocycles. The highest BCUT2D eigenvalue weighted by atomic mass is 31.2. The second-order valence-electron chi connectivity index (χ2n) is 17.7. The van der Waals surface area contributed by atoms with Gasteiger partial charge in [0, 0.05) is 12.8 Å². The van der Waals surface area contributed by atoms with Crippen LogP contribution in [0.25, 0.3) is 0 Å². The van der Waals surface area contributed by atoms with Gasteiger partial charge in [-0.2, -0.15) is 0 Å². The Labute approximate surface area is 370 Å². The highest BCUT2D eigenvalue weighted by Gasteiger charge is 2.51. The molecule has 6 atom stereocenters. The molecule has 0 aromatic heterocycles. The topological polar surface area (TPSA) is 210 Å². The quantitative estimate of drug-likeness (QED) is 0.0192. The summed E-state index contributed by atoms with van der Waals surface area (Å²) >= 11 is 0. The lowest BCUT2D eigenvalue weighted by molar-refractivity contribution is -0.220. The fourth-order valence-corrected chi connectivity index (χ4v) is 8.91. The molecule has 61 heavy (non-hydrogen) atoms. The molecule has 0 bridgehead atoms.